The maximum atomic E-state index is 5.26. The van der Waals surface area contributed by atoms with Gasteiger partial charge in [-0.05, 0) is 27.2 Å². The molecule has 0 spiro atoms. The number of guanidine groups is 1. The first kappa shape index (κ1) is 20.2. The van der Waals surface area contributed by atoms with Gasteiger partial charge in [-0.1, -0.05) is 0 Å². The van der Waals surface area contributed by atoms with Gasteiger partial charge in [-0.2, -0.15) is 0 Å². The van der Waals surface area contributed by atoms with Gasteiger partial charge in [0.05, 0.1) is 6.61 Å². The van der Waals surface area contributed by atoms with Gasteiger partial charge >= 0.3 is 0 Å². The summed E-state index contributed by atoms with van der Waals surface area (Å²) < 4.78 is 10.3. The van der Waals surface area contributed by atoms with Crippen LogP contribution in [0.2, 0.25) is 0 Å². The van der Waals surface area contributed by atoms with Crippen molar-refractivity contribution in [2.45, 2.75) is 33.2 Å². The van der Waals surface area contributed by atoms with Crippen LogP contribution in [0, 0.1) is 0 Å². The average molecular weight is 373 g/mol. The lowest BCUT2D eigenvalue weighted by atomic mass is 10.4. The molecule has 0 bridgehead atoms. The van der Waals surface area contributed by atoms with Crippen molar-refractivity contribution in [1.82, 2.24) is 10.6 Å². The van der Waals surface area contributed by atoms with E-state index in [4.69, 9.17) is 9.47 Å². The highest BCUT2D eigenvalue weighted by molar-refractivity contribution is 14.0. The lowest BCUT2D eigenvalue weighted by Crippen LogP contribution is -2.44. The summed E-state index contributed by atoms with van der Waals surface area (Å²) in [7, 11) is 1.70. The van der Waals surface area contributed by atoms with E-state index in [1.165, 1.54) is 0 Å². The largest absolute Gasteiger partial charge is 0.383 e. The first-order chi connectivity index (χ1) is 8.24. The maximum Gasteiger partial charge on any atom is 0.191 e. The number of halogens is 1. The Labute approximate surface area is 128 Å². The van der Waals surface area contributed by atoms with Crippen LogP contribution in [0.25, 0.3) is 0 Å². The van der Waals surface area contributed by atoms with Crippen molar-refractivity contribution in [3.8, 4) is 0 Å². The molecule has 0 aromatic rings. The molecule has 5 nitrogen and oxygen atoms in total. The molecule has 0 amide bonds. The van der Waals surface area contributed by atoms with Gasteiger partial charge in [0.15, 0.2) is 5.96 Å². The SMILES string of the molecule is CCNC(=NCCCOCC)NC(C)COC.I. The van der Waals surface area contributed by atoms with E-state index in [9.17, 15) is 0 Å². The fraction of sp³-hybridized carbons (Fsp3) is 0.917. The summed E-state index contributed by atoms with van der Waals surface area (Å²) in [6, 6.07) is 0.254. The summed E-state index contributed by atoms with van der Waals surface area (Å²) in [5, 5.41) is 6.49. The number of aliphatic imine (C=N–C) groups is 1. The summed E-state index contributed by atoms with van der Waals surface area (Å²) in [5.41, 5.74) is 0. The van der Waals surface area contributed by atoms with Crippen molar-refractivity contribution in [3.63, 3.8) is 0 Å². The number of hydrogen-bond donors (Lipinski definition) is 2. The van der Waals surface area contributed by atoms with E-state index in [1.54, 1.807) is 7.11 Å². The Morgan fingerprint density at radius 1 is 1.33 bits per heavy atom. The monoisotopic (exact) mass is 373 g/mol. The molecule has 0 radical (unpaired) electrons. The first-order valence-electron chi connectivity index (χ1n) is 6.36. The lowest BCUT2D eigenvalue weighted by molar-refractivity contribution is 0.146. The molecular formula is C12H28IN3O2. The van der Waals surface area contributed by atoms with E-state index in [0.717, 1.165) is 38.7 Å². The molecule has 0 saturated heterocycles. The van der Waals surface area contributed by atoms with Gasteiger partial charge in [0.2, 0.25) is 0 Å². The van der Waals surface area contributed by atoms with Crippen molar-refractivity contribution in [2.24, 2.45) is 4.99 Å². The number of rotatable bonds is 9. The molecule has 0 aliphatic rings. The summed E-state index contributed by atoms with van der Waals surface area (Å²) in [5.74, 6) is 0.841. The Balaban J connectivity index is 0. The third kappa shape index (κ3) is 12.4. The first-order valence-corrected chi connectivity index (χ1v) is 6.36. The molecule has 2 N–H and O–H groups in total. The second-order valence-corrected chi connectivity index (χ2v) is 3.81. The van der Waals surface area contributed by atoms with Gasteiger partial charge in [0, 0.05) is 39.5 Å². The molecule has 0 aliphatic heterocycles. The standard InChI is InChI=1S/C12H27N3O2.HI/c1-5-13-12(15-11(3)10-16-4)14-8-7-9-17-6-2;/h11H,5-10H2,1-4H3,(H2,13,14,15);1H. The van der Waals surface area contributed by atoms with Crippen LogP contribution in [0.1, 0.15) is 27.2 Å². The zero-order valence-electron chi connectivity index (χ0n) is 12.0. The molecule has 0 aliphatic carbocycles. The van der Waals surface area contributed by atoms with E-state index in [0.29, 0.717) is 6.61 Å². The molecule has 6 heteroatoms. The molecule has 0 fully saturated rings. The van der Waals surface area contributed by atoms with E-state index >= 15 is 0 Å². The third-order valence-corrected chi connectivity index (χ3v) is 2.06. The molecule has 0 saturated carbocycles. The Kier molecular flexibility index (Phi) is 16.8. The predicted octanol–water partition coefficient (Wildman–Crippen LogP) is 1.62. The number of ether oxygens (including phenoxy) is 2. The maximum absolute atomic E-state index is 5.26. The van der Waals surface area contributed by atoms with Crippen LogP contribution in [0.5, 0.6) is 0 Å². The summed E-state index contributed by atoms with van der Waals surface area (Å²) in [6.07, 6.45) is 0.947. The van der Waals surface area contributed by atoms with Crippen LogP contribution < -0.4 is 10.6 Å². The van der Waals surface area contributed by atoms with Crippen LogP contribution in [0.15, 0.2) is 4.99 Å². The Hall–Kier alpha value is -0.0800. The van der Waals surface area contributed by atoms with Crippen LogP contribution in [-0.2, 0) is 9.47 Å². The zero-order chi connectivity index (χ0) is 12.9. The summed E-state index contributed by atoms with van der Waals surface area (Å²) >= 11 is 0. The molecule has 1 atom stereocenters. The van der Waals surface area contributed by atoms with Crippen molar-refractivity contribution < 1.29 is 9.47 Å². The molecule has 0 heterocycles. The lowest BCUT2D eigenvalue weighted by Gasteiger charge is -2.16. The summed E-state index contributed by atoms with van der Waals surface area (Å²) in [6.45, 7) is 9.96. The smallest absolute Gasteiger partial charge is 0.191 e. The minimum absolute atomic E-state index is 0. The number of nitrogens with one attached hydrogen (secondary N) is 2. The van der Waals surface area contributed by atoms with Crippen molar-refractivity contribution in [1.29, 1.82) is 0 Å². The highest BCUT2D eigenvalue weighted by atomic mass is 127. The van der Waals surface area contributed by atoms with Crippen molar-refractivity contribution in [2.75, 3.05) is 40.0 Å². The van der Waals surface area contributed by atoms with Gasteiger partial charge < -0.3 is 20.1 Å². The summed E-state index contributed by atoms with van der Waals surface area (Å²) in [4.78, 5) is 4.47. The molecule has 110 valence electrons. The number of hydrogen-bond acceptors (Lipinski definition) is 3. The molecule has 0 rings (SSSR count). The van der Waals surface area contributed by atoms with E-state index in [-0.39, 0.29) is 30.0 Å². The quantitative estimate of drug-likeness (QED) is 0.279. The Bertz CT molecular complexity index is 204. The van der Waals surface area contributed by atoms with Crippen LogP contribution >= 0.6 is 24.0 Å². The molecule has 0 aromatic heterocycles. The zero-order valence-corrected chi connectivity index (χ0v) is 14.3. The topological polar surface area (TPSA) is 54.9 Å². The van der Waals surface area contributed by atoms with Crippen LogP contribution in [0.4, 0.5) is 0 Å². The van der Waals surface area contributed by atoms with Gasteiger partial charge in [-0.25, -0.2) is 0 Å². The second kappa shape index (κ2) is 15.0. The van der Waals surface area contributed by atoms with Crippen molar-refractivity contribution >= 4 is 29.9 Å². The predicted molar refractivity (Wildman–Crippen MR) is 87.0 cm³/mol. The Morgan fingerprint density at radius 2 is 2.06 bits per heavy atom. The average Bonchev–Trinajstić information content (AvgIpc) is 2.29. The third-order valence-electron chi connectivity index (χ3n) is 2.06. The fourth-order valence-corrected chi connectivity index (χ4v) is 1.35. The fourth-order valence-electron chi connectivity index (χ4n) is 1.35. The Morgan fingerprint density at radius 3 is 2.61 bits per heavy atom. The normalized spacial score (nSPS) is 12.8. The van der Waals surface area contributed by atoms with Crippen LogP contribution in [0.3, 0.4) is 0 Å². The number of nitrogens with zero attached hydrogens (tertiary/aromatic N) is 1. The molecule has 0 aromatic carbocycles. The van der Waals surface area contributed by atoms with E-state index in [2.05, 4.69) is 29.5 Å². The number of methoxy groups -OCH3 is 1. The highest BCUT2D eigenvalue weighted by Crippen LogP contribution is 1.87. The van der Waals surface area contributed by atoms with Crippen molar-refractivity contribution in [3.05, 3.63) is 0 Å². The minimum Gasteiger partial charge on any atom is -0.383 e. The molecular weight excluding hydrogens is 345 g/mol. The second-order valence-electron chi connectivity index (χ2n) is 3.81. The van der Waals surface area contributed by atoms with Gasteiger partial charge in [0.25, 0.3) is 0 Å². The van der Waals surface area contributed by atoms with Gasteiger partial charge in [0.1, 0.15) is 0 Å². The van der Waals surface area contributed by atoms with E-state index in [1.807, 2.05) is 6.92 Å². The van der Waals surface area contributed by atoms with Gasteiger partial charge in [-0.15, -0.1) is 24.0 Å². The molecule has 1 unspecified atom stereocenters. The van der Waals surface area contributed by atoms with E-state index < -0.39 is 0 Å². The minimum atomic E-state index is 0. The molecule has 18 heavy (non-hydrogen) atoms. The van der Waals surface area contributed by atoms with Crippen LogP contribution in [-0.4, -0.2) is 52.0 Å². The highest BCUT2D eigenvalue weighted by Gasteiger charge is 2.03. The van der Waals surface area contributed by atoms with Gasteiger partial charge in [-0.3, -0.25) is 4.99 Å².